The van der Waals surface area contributed by atoms with Crippen LogP contribution in [0.25, 0.3) is 0 Å². The molecule has 0 aliphatic carbocycles. The smallest absolute Gasteiger partial charge is 0.317 e. The summed E-state index contributed by atoms with van der Waals surface area (Å²) in [6.07, 6.45) is 6.53. The van der Waals surface area contributed by atoms with E-state index in [4.69, 9.17) is 17.3 Å². The van der Waals surface area contributed by atoms with Crippen LogP contribution in [0.2, 0.25) is 0 Å². The Balaban J connectivity index is 4.71. The third kappa shape index (κ3) is 6.20. The van der Waals surface area contributed by atoms with Gasteiger partial charge < -0.3 is 16.2 Å². The Morgan fingerprint density at radius 3 is 2.15 bits per heavy atom. The van der Waals surface area contributed by atoms with E-state index in [0.717, 1.165) is 4.90 Å². The minimum Gasteiger partial charge on any atom is -0.480 e. The number of nitrogens with two attached hydrogens (primary N) is 1. The van der Waals surface area contributed by atoms with Crippen molar-refractivity contribution in [1.29, 1.82) is 0 Å². The Morgan fingerprint density at radius 2 is 1.80 bits per heavy atom. The van der Waals surface area contributed by atoms with E-state index in [0.29, 0.717) is 12.8 Å². The summed E-state index contributed by atoms with van der Waals surface area (Å²) < 4.78 is 0. The van der Waals surface area contributed by atoms with Gasteiger partial charge in [0.2, 0.25) is 11.8 Å². The number of carbonyl (C=O) groups is 3. The van der Waals surface area contributed by atoms with Crippen molar-refractivity contribution in [1.82, 2.24) is 10.2 Å². The van der Waals surface area contributed by atoms with Gasteiger partial charge >= 0.3 is 5.97 Å². The van der Waals surface area contributed by atoms with E-state index in [1.165, 1.54) is 0 Å². The molecular formula is C13H21N3O4. The van der Waals surface area contributed by atoms with Gasteiger partial charge in [0.25, 0.3) is 0 Å². The zero-order valence-corrected chi connectivity index (χ0v) is 11.8. The van der Waals surface area contributed by atoms with Crippen LogP contribution in [0.15, 0.2) is 0 Å². The molecule has 0 aromatic rings. The van der Waals surface area contributed by atoms with Crippen LogP contribution in [0.1, 0.15) is 26.7 Å². The standard InChI is InChI=1S/C13H21N3O4/c1-4-13(5-2,6-3)15-11(18)8-16(7-10(14)17)9-12(19)20/h1H,5-9H2,2-3H3,(H2,14,17)(H,15,18)(H,19,20). The van der Waals surface area contributed by atoms with Gasteiger partial charge in [-0.05, 0) is 12.8 Å². The average Bonchev–Trinajstić information content (AvgIpc) is 2.34. The minimum absolute atomic E-state index is 0.251. The number of hydrogen-bond donors (Lipinski definition) is 3. The molecule has 0 aromatic heterocycles. The van der Waals surface area contributed by atoms with E-state index < -0.39 is 29.9 Å². The van der Waals surface area contributed by atoms with Gasteiger partial charge in [-0.2, -0.15) is 0 Å². The summed E-state index contributed by atoms with van der Waals surface area (Å²) in [4.78, 5) is 34.6. The Morgan fingerprint density at radius 1 is 1.25 bits per heavy atom. The van der Waals surface area contributed by atoms with Crippen LogP contribution in [0.5, 0.6) is 0 Å². The number of primary amides is 1. The van der Waals surface area contributed by atoms with Crippen LogP contribution in [0.3, 0.4) is 0 Å². The fourth-order valence-electron chi connectivity index (χ4n) is 1.76. The first-order chi connectivity index (χ1) is 9.28. The molecule has 0 spiro atoms. The first kappa shape index (κ1) is 17.9. The molecule has 4 N–H and O–H groups in total. The molecule has 2 amide bonds. The lowest BCUT2D eigenvalue weighted by molar-refractivity contribution is -0.139. The van der Waals surface area contributed by atoms with Crippen molar-refractivity contribution in [2.75, 3.05) is 19.6 Å². The van der Waals surface area contributed by atoms with E-state index in [-0.39, 0.29) is 13.1 Å². The first-order valence-corrected chi connectivity index (χ1v) is 6.29. The van der Waals surface area contributed by atoms with E-state index in [1.807, 2.05) is 13.8 Å². The summed E-state index contributed by atoms with van der Waals surface area (Å²) in [6, 6.07) is 0. The fraction of sp³-hybridized carbons (Fsp3) is 0.615. The molecule has 0 radical (unpaired) electrons. The van der Waals surface area contributed by atoms with E-state index >= 15 is 0 Å². The minimum atomic E-state index is -1.15. The summed E-state index contributed by atoms with van der Waals surface area (Å²) in [5, 5.41) is 11.4. The molecule has 7 nitrogen and oxygen atoms in total. The third-order valence-corrected chi connectivity index (χ3v) is 2.97. The maximum Gasteiger partial charge on any atom is 0.317 e. The average molecular weight is 283 g/mol. The zero-order chi connectivity index (χ0) is 15.8. The van der Waals surface area contributed by atoms with Crippen molar-refractivity contribution in [3.05, 3.63) is 0 Å². The molecule has 0 bridgehead atoms. The zero-order valence-electron chi connectivity index (χ0n) is 11.8. The quantitative estimate of drug-likeness (QED) is 0.478. The van der Waals surface area contributed by atoms with Crippen molar-refractivity contribution in [2.45, 2.75) is 32.2 Å². The molecule has 0 aromatic carbocycles. The van der Waals surface area contributed by atoms with Crippen LogP contribution < -0.4 is 11.1 Å². The number of terminal acetylenes is 1. The highest BCUT2D eigenvalue weighted by Crippen LogP contribution is 2.13. The van der Waals surface area contributed by atoms with Gasteiger partial charge in [-0.25, -0.2) is 0 Å². The summed E-state index contributed by atoms with van der Waals surface area (Å²) >= 11 is 0. The van der Waals surface area contributed by atoms with Crippen LogP contribution in [0.4, 0.5) is 0 Å². The van der Waals surface area contributed by atoms with Crippen molar-refractivity contribution in [3.8, 4) is 12.3 Å². The lowest BCUT2D eigenvalue weighted by Gasteiger charge is -2.28. The van der Waals surface area contributed by atoms with Gasteiger partial charge in [0.1, 0.15) is 5.54 Å². The number of carbonyl (C=O) groups excluding carboxylic acids is 2. The largest absolute Gasteiger partial charge is 0.480 e. The molecule has 0 rings (SSSR count). The number of carboxylic acid groups (broad SMARTS) is 1. The summed E-state index contributed by atoms with van der Waals surface area (Å²) in [6.45, 7) is 2.70. The van der Waals surface area contributed by atoms with Crippen LogP contribution in [-0.2, 0) is 14.4 Å². The number of amides is 2. The summed E-state index contributed by atoms with van der Waals surface area (Å²) in [5.74, 6) is 0.260. The van der Waals surface area contributed by atoms with E-state index in [2.05, 4.69) is 11.2 Å². The van der Waals surface area contributed by atoms with E-state index in [9.17, 15) is 14.4 Å². The monoisotopic (exact) mass is 283 g/mol. The number of rotatable bonds is 9. The second-order valence-corrected chi connectivity index (χ2v) is 4.49. The predicted molar refractivity (Wildman–Crippen MR) is 73.6 cm³/mol. The number of aliphatic carboxylic acids is 1. The molecule has 0 fully saturated rings. The maximum atomic E-state index is 11.9. The Kier molecular flexibility index (Phi) is 7.33. The highest BCUT2D eigenvalue weighted by Gasteiger charge is 2.26. The maximum absolute atomic E-state index is 11.9. The molecule has 20 heavy (non-hydrogen) atoms. The normalized spacial score (nSPS) is 10.9. The molecule has 7 heteroatoms. The van der Waals surface area contributed by atoms with Crippen molar-refractivity contribution >= 4 is 17.8 Å². The molecule has 0 saturated carbocycles. The van der Waals surface area contributed by atoms with Crippen LogP contribution in [-0.4, -0.2) is 53.0 Å². The lowest BCUT2D eigenvalue weighted by Crippen LogP contribution is -2.51. The van der Waals surface area contributed by atoms with Gasteiger partial charge in [0.05, 0.1) is 19.6 Å². The number of nitrogens with zero attached hydrogens (tertiary/aromatic N) is 1. The first-order valence-electron chi connectivity index (χ1n) is 6.29. The van der Waals surface area contributed by atoms with Gasteiger partial charge in [-0.3, -0.25) is 19.3 Å². The molecule has 0 saturated heterocycles. The third-order valence-electron chi connectivity index (χ3n) is 2.97. The van der Waals surface area contributed by atoms with Gasteiger partial charge in [-0.15, -0.1) is 6.42 Å². The van der Waals surface area contributed by atoms with Crippen molar-refractivity contribution < 1.29 is 19.5 Å². The molecule has 0 heterocycles. The highest BCUT2D eigenvalue weighted by molar-refractivity contribution is 5.82. The molecule has 0 atom stereocenters. The van der Waals surface area contributed by atoms with Crippen molar-refractivity contribution in [2.24, 2.45) is 5.73 Å². The molecule has 0 unspecified atom stereocenters. The summed E-state index contributed by atoms with van der Waals surface area (Å²) in [7, 11) is 0. The second kappa shape index (κ2) is 8.17. The predicted octanol–water partition coefficient (Wildman–Crippen LogP) is -0.833. The number of hydrogen-bond acceptors (Lipinski definition) is 4. The van der Waals surface area contributed by atoms with Gasteiger partial charge in [-0.1, -0.05) is 19.8 Å². The SMILES string of the molecule is C#CC(CC)(CC)NC(=O)CN(CC(N)=O)CC(=O)O. The number of nitrogens with one attached hydrogen (secondary N) is 1. The second-order valence-electron chi connectivity index (χ2n) is 4.49. The molecule has 0 aliphatic rings. The molecule has 112 valence electrons. The van der Waals surface area contributed by atoms with Gasteiger partial charge in [0.15, 0.2) is 0 Å². The fourth-order valence-corrected chi connectivity index (χ4v) is 1.76. The lowest BCUT2D eigenvalue weighted by atomic mass is 9.94. The van der Waals surface area contributed by atoms with Crippen molar-refractivity contribution in [3.63, 3.8) is 0 Å². The Labute approximate surface area is 118 Å². The summed E-state index contributed by atoms with van der Waals surface area (Å²) in [5.41, 5.74) is 4.26. The van der Waals surface area contributed by atoms with Crippen LogP contribution in [0, 0.1) is 12.3 Å². The van der Waals surface area contributed by atoms with Gasteiger partial charge in [0, 0.05) is 0 Å². The van der Waals surface area contributed by atoms with E-state index in [1.54, 1.807) is 0 Å². The molecular weight excluding hydrogens is 262 g/mol. The van der Waals surface area contributed by atoms with Crippen LogP contribution >= 0.6 is 0 Å². The topological polar surface area (TPSA) is 113 Å². The molecule has 0 aliphatic heterocycles. The number of carboxylic acids is 1. The Hall–Kier alpha value is -2.07. The highest BCUT2D eigenvalue weighted by atomic mass is 16.4. The Bertz CT molecular complexity index is 394.